The summed E-state index contributed by atoms with van der Waals surface area (Å²) in [5, 5.41) is 0. The Morgan fingerprint density at radius 1 is 0.636 bits per heavy atom. The molecule has 1 saturated heterocycles. The van der Waals surface area contributed by atoms with Gasteiger partial charge in [-0.3, -0.25) is 9.69 Å². The number of carbonyl (C=O) groups excluding carboxylic acids is 1. The quantitative estimate of drug-likeness (QED) is 0.138. The predicted molar refractivity (Wildman–Crippen MR) is 141 cm³/mol. The monoisotopic (exact) mass is 486 g/mol. The summed E-state index contributed by atoms with van der Waals surface area (Å²) in [7, 11) is 4.56. The maximum atomic E-state index is 11.8. The molecular weight excluding hydrogens is 428 g/mol. The number of unbranched alkanes of at least 4 members (excludes halogenated alkanes) is 19. The van der Waals surface area contributed by atoms with E-state index in [2.05, 4.69) is 25.9 Å². The summed E-state index contributed by atoms with van der Waals surface area (Å²) in [4.78, 5) is 13.9. The SMILES string of the molecule is CCCCCCCCCCCCCCCCCCCCCC[N+](C)(C)CN1CCCC1=O.[Cl-]. The first-order valence-electron chi connectivity index (χ1n) is 14.6. The summed E-state index contributed by atoms with van der Waals surface area (Å²) in [6, 6.07) is 0. The Bertz CT molecular complexity index is 441. The lowest BCUT2D eigenvalue weighted by Gasteiger charge is -2.33. The molecule has 0 aromatic heterocycles. The summed E-state index contributed by atoms with van der Waals surface area (Å²) in [6.07, 6.45) is 30.5. The molecule has 1 rings (SSSR count). The van der Waals surface area contributed by atoms with Crippen LogP contribution >= 0.6 is 0 Å². The third-order valence-electron chi connectivity index (χ3n) is 7.34. The van der Waals surface area contributed by atoms with Gasteiger partial charge in [0.05, 0.1) is 20.6 Å². The van der Waals surface area contributed by atoms with Crippen molar-refractivity contribution in [1.29, 1.82) is 0 Å². The fourth-order valence-corrected chi connectivity index (χ4v) is 5.18. The first-order chi connectivity index (χ1) is 15.5. The number of halogens is 1. The van der Waals surface area contributed by atoms with Gasteiger partial charge in [-0.1, -0.05) is 122 Å². The Kier molecular flexibility index (Phi) is 22.0. The second-order valence-electron chi connectivity index (χ2n) is 11.3. The molecule has 1 aliphatic rings. The molecular formula is C29H59ClN2O. The number of hydrogen-bond donors (Lipinski definition) is 0. The molecule has 0 radical (unpaired) electrons. The number of nitrogens with zero attached hydrogens (tertiary/aromatic N) is 2. The molecule has 0 atom stereocenters. The van der Waals surface area contributed by atoms with Crippen molar-refractivity contribution in [1.82, 2.24) is 4.90 Å². The van der Waals surface area contributed by atoms with Crippen LogP contribution < -0.4 is 12.4 Å². The molecule has 1 fully saturated rings. The van der Waals surface area contributed by atoms with E-state index in [0.29, 0.717) is 5.91 Å². The first kappa shape index (κ1) is 32.7. The molecule has 0 spiro atoms. The summed E-state index contributed by atoms with van der Waals surface area (Å²) in [6.45, 7) is 5.37. The largest absolute Gasteiger partial charge is 1.00 e. The molecule has 1 aliphatic heterocycles. The third kappa shape index (κ3) is 19.7. The lowest BCUT2D eigenvalue weighted by molar-refractivity contribution is -0.899. The highest BCUT2D eigenvalue weighted by Crippen LogP contribution is 2.16. The van der Waals surface area contributed by atoms with Crippen LogP contribution in [0.4, 0.5) is 0 Å². The topological polar surface area (TPSA) is 20.3 Å². The lowest BCUT2D eigenvalue weighted by Crippen LogP contribution is -3.00. The van der Waals surface area contributed by atoms with Crippen LogP contribution in [0.15, 0.2) is 0 Å². The molecule has 3 nitrogen and oxygen atoms in total. The zero-order valence-electron chi connectivity index (χ0n) is 22.9. The average molecular weight is 487 g/mol. The predicted octanol–water partition coefficient (Wildman–Crippen LogP) is 5.47. The van der Waals surface area contributed by atoms with Gasteiger partial charge in [-0.2, -0.15) is 0 Å². The molecule has 0 unspecified atom stereocenters. The van der Waals surface area contributed by atoms with Crippen LogP contribution in [0.25, 0.3) is 0 Å². The Balaban J connectivity index is 0.0000102. The van der Waals surface area contributed by atoms with Gasteiger partial charge in [-0.15, -0.1) is 0 Å². The second-order valence-corrected chi connectivity index (χ2v) is 11.3. The number of hydrogen-bond acceptors (Lipinski definition) is 1. The first-order valence-corrected chi connectivity index (χ1v) is 14.6. The minimum Gasteiger partial charge on any atom is -1.00 e. The van der Waals surface area contributed by atoms with Crippen molar-refractivity contribution in [3.63, 3.8) is 0 Å². The Morgan fingerprint density at radius 3 is 1.33 bits per heavy atom. The molecule has 0 aliphatic carbocycles. The highest BCUT2D eigenvalue weighted by molar-refractivity contribution is 5.77. The highest BCUT2D eigenvalue weighted by atomic mass is 35.5. The Labute approximate surface area is 214 Å². The molecule has 0 aromatic rings. The zero-order valence-corrected chi connectivity index (χ0v) is 23.6. The van der Waals surface area contributed by atoms with E-state index in [1.165, 1.54) is 135 Å². The Hall–Kier alpha value is -0.280. The fraction of sp³-hybridized carbons (Fsp3) is 0.966. The maximum absolute atomic E-state index is 11.8. The van der Waals surface area contributed by atoms with Gasteiger partial charge < -0.3 is 16.9 Å². The smallest absolute Gasteiger partial charge is 0.226 e. The number of amides is 1. The van der Waals surface area contributed by atoms with Crippen LogP contribution in [0.2, 0.25) is 0 Å². The van der Waals surface area contributed by atoms with E-state index in [4.69, 9.17) is 0 Å². The van der Waals surface area contributed by atoms with E-state index >= 15 is 0 Å². The summed E-state index contributed by atoms with van der Waals surface area (Å²) in [5.41, 5.74) is 0. The van der Waals surface area contributed by atoms with Gasteiger partial charge in [0, 0.05) is 13.0 Å². The van der Waals surface area contributed by atoms with E-state index in [0.717, 1.165) is 30.5 Å². The normalized spacial score (nSPS) is 14.2. The van der Waals surface area contributed by atoms with Gasteiger partial charge in [-0.25, -0.2) is 0 Å². The van der Waals surface area contributed by atoms with Gasteiger partial charge in [0.15, 0.2) is 6.67 Å². The van der Waals surface area contributed by atoms with Gasteiger partial charge in [-0.05, 0) is 19.3 Å². The van der Waals surface area contributed by atoms with Crippen molar-refractivity contribution in [2.45, 2.75) is 148 Å². The molecule has 0 bridgehead atoms. The average Bonchev–Trinajstić information content (AvgIpc) is 3.16. The van der Waals surface area contributed by atoms with Crippen LogP contribution in [-0.2, 0) is 4.79 Å². The van der Waals surface area contributed by atoms with Crippen LogP contribution in [0.5, 0.6) is 0 Å². The number of quaternary nitrogens is 1. The van der Waals surface area contributed by atoms with Crippen molar-refractivity contribution in [3.8, 4) is 0 Å². The van der Waals surface area contributed by atoms with Crippen molar-refractivity contribution in [2.75, 3.05) is 33.9 Å². The van der Waals surface area contributed by atoms with Gasteiger partial charge in [0.25, 0.3) is 0 Å². The van der Waals surface area contributed by atoms with E-state index in [1.54, 1.807) is 0 Å². The highest BCUT2D eigenvalue weighted by Gasteiger charge is 2.26. The zero-order chi connectivity index (χ0) is 23.3. The standard InChI is InChI=1S/C29H59N2O.ClH/c1-4-5-6-7-8-9-10-11-12-13-14-15-16-17-18-19-20-21-22-23-27-31(2,3)28-30-26-24-25-29(30)32;/h4-28H2,1-3H3;1H/q+1;/p-1. The molecule has 0 aromatic carbocycles. The molecule has 1 amide bonds. The summed E-state index contributed by atoms with van der Waals surface area (Å²) >= 11 is 0. The van der Waals surface area contributed by atoms with Crippen LogP contribution in [-0.4, -0.2) is 49.1 Å². The minimum absolute atomic E-state index is 0. The Morgan fingerprint density at radius 2 is 1.00 bits per heavy atom. The fourth-order valence-electron chi connectivity index (χ4n) is 5.18. The third-order valence-corrected chi connectivity index (χ3v) is 7.34. The lowest BCUT2D eigenvalue weighted by atomic mass is 10.0. The maximum Gasteiger partial charge on any atom is 0.226 e. The number of likely N-dealkylation sites (tertiary alicyclic amines) is 1. The van der Waals surface area contributed by atoms with E-state index < -0.39 is 0 Å². The van der Waals surface area contributed by atoms with E-state index in [1.807, 2.05) is 0 Å². The number of rotatable bonds is 23. The molecule has 33 heavy (non-hydrogen) atoms. The van der Waals surface area contributed by atoms with Crippen LogP contribution in [0.3, 0.4) is 0 Å². The van der Waals surface area contributed by atoms with Gasteiger partial charge in [0.2, 0.25) is 5.91 Å². The van der Waals surface area contributed by atoms with Crippen molar-refractivity contribution < 1.29 is 21.7 Å². The van der Waals surface area contributed by atoms with E-state index in [-0.39, 0.29) is 12.4 Å². The second kappa shape index (κ2) is 22.2. The van der Waals surface area contributed by atoms with Gasteiger partial charge in [0.1, 0.15) is 0 Å². The molecule has 1 heterocycles. The molecule has 0 N–H and O–H groups in total. The summed E-state index contributed by atoms with van der Waals surface area (Å²) in [5.74, 6) is 0.361. The van der Waals surface area contributed by atoms with E-state index in [9.17, 15) is 4.79 Å². The van der Waals surface area contributed by atoms with Crippen LogP contribution in [0.1, 0.15) is 148 Å². The molecule has 198 valence electrons. The van der Waals surface area contributed by atoms with Gasteiger partial charge >= 0.3 is 0 Å². The molecule has 0 saturated carbocycles. The number of carbonyl (C=O) groups is 1. The van der Waals surface area contributed by atoms with Crippen molar-refractivity contribution in [2.24, 2.45) is 0 Å². The molecule has 4 heteroatoms. The minimum atomic E-state index is 0. The van der Waals surface area contributed by atoms with Crippen molar-refractivity contribution >= 4 is 5.91 Å². The summed E-state index contributed by atoms with van der Waals surface area (Å²) < 4.78 is 0.963. The van der Waals surface area contributed by atoms with Crippen LogP contribution in [0, 0.1) is 0 Å². The van der Waals surface area contributed by atoms with Crippen molar-refractivity contribution in [3.05, 3.63) is 0 Å².